The molecule has 4 bridgehead atoms. The monoisotopic (exact) mass is 303 g/mol. The summed E-state index contributed by atoms with van der Waals surface area (Å²) in [6.45, 7) is 0. The number of carbonyl (C=O) groups excluding carboxylic acids is 1. The van der Waals surface area contributed by atoms with Crippen LogP contribution in [0.5, 0.6) is 0 Å². The second kappa shape index (κ2) is 5.01. The fraction of sp³-hybridized carbons (Fsp3) is 0.611. The van der Waals surface area contributed by atoms with E-state index in [1.807, 2.05) is 24.3 Å². The first-order valence-corrected chi connectivity index (χ1v) is 8.67. The van der Waals surface area contributed by atoms with Crippen LogP contribution in [0.3, 0.4) is 0 Å². The molecule has 0 radical (unpaired) electrons. The van der Waals surface area contributed by atoms with E-state index in [4.69, 9.17) is 11.6 Å². The molecule has 1 aromatic rings. The maximum Gasteiger partial charge on any atom is 0.230 e. The summed E-state index contributed by atoms with van der Waals surface area (Å²) in [6.07, 6.45) is 7.46. The average molecular weight is 304 g/mol. The Morgan fingerprint density at radius 2 is 1.57 bits per heavy atom. The molecule has 4 aliphatic carbocycles. The maximum atomic E-state index is 12.9. The van der Waals surface area contributed by atoms with Gasteiger partial charge in [0.15, 0.2) is 0 Å². The van der Waals surface area contributed by atoms with Gasteiger partial charge in [-0.15, -0.1) is 11.6 Å². The summed E-state index contributed by atoms with van der Waals surface area (Å²) in [5.74, 6) is 3.20. The maximum absolute atomic E-state index is 12.9. The second-order valence-corrected chi connectivity index (χ2v) is 7.75. The molecular formula is C18H22ClNO. The van der Waals surface area contributed by atoms with E-state index in [1.54, 1.807) is 0 Å². The van der Waals surface area contributed by atoms with Crippen LogP contribution in [0.1, 0.15) is 44.1 Å². The van der Waals surface area contributed by atoms with Crippen molar-refractivity contribution in [1.82, 2.24) is 0 Å². The zero-order valence-electron chi connectivity index (χ0n) is 12.3. The van der Waals surface area contributed by atoms with Crippen molar-refractivity contribution in [2.24, 2.45) is 23.2 Å². The van der Waals surface area contributed by atoms with Gasteiger partial charge in [0.25, 0.3) is 0 Å². The molecule has 0 saturated heterocycles. The number of benzene rings is 1. The minimum Gasteiger partial charge on any atom is -0.326 e. The van der Waals surface area contributed by atoms with Gasteiger partial charge in [0.05, 0.1) is 5.41 Å². The molecule has 4 aliphatic rings. The zero-order valence-corrected chi connectivity index (χ0v) is 13.0. The number of nitrogens with one attached hydrogen (secondary N) is 1. The highest BCUT2D eigenvalue weighted by Crippen LogP contribution is 2.60. The van der Waals surface area contributed by atoms with Gasteiger partial charge in [-0.25, -0.2) is 0 Å². The molecule has 112 valence electrons. The van der Waals surface area contributed by atoms with Gasteiger partial charge in [0.1, 0.15) is 0 Å². The van der Waals surface area contributed by atoms with Gasteiger partial charge in [-0.2, -0.15) is 0 Å². The topological polar surface area (TPSA) is 29.1 Å². The highest BCUT2D eigenvalue weighted by atomic mass is 35.5. The van der Waals surface area contributed by atoms with Crippen molar-refractivity contribution in [1.29, 1.82) is 0 Å². The third-order valence-electron chi connectivity index (χ3n) is 5.89. The van der Waals surface area contributed by atoms with Crippen LogP contribution in [-0.2, 0) is 10.7 Å². The Labute approximate surface area is 131 Å². The molecule has 0 aromatic heterocycles. The van der Waals surface area contributed by atoms with Crippen LogP contribution in [0, 0.1) is 23.2 Å². The van der Waals surface area contributed by atoms with E-state index in [0.717, 1.165) is 48.3 Å². The van der Waals surface area contributed by atoms with Crippen molar-refractivity contribution in [2.75, 3.05) is 5.32 Å². The third-order valence-corrected chi connectivity index (χ3v) is 6.19. The zero-order chi connectivity index (χ0) is 14.4. The summed E-state index contributed by atoms with van der Waals surface area (Å²) in [7, 11) is 0. The fourth-order valence-corrected chi connectivity index (χ4v) is 5.51. The molecule has 0 unspecified atom stereocenters. The lowest BCUT2D eigenvalue weighted by Gasteiger charge is -2.55. The van der Waals surface area contributed by atoms with Crippen LogP contribution in [0.4, 0.5) is 5.69 Å². The Balaban J connectivity index is 1.51. The van der Waals surface area contributed by atoms with E-state index in [0.29, 0.717) is 5.88 Å². The predicted octanol–water partition coefficient (Wildman–Crippen LogP) is 4.58. The molecule has 0 heterocycles. The Morgan fingerprint density at radius 3 is 2.05 bits per heavy atom. The normalized spacial score (nSPS) is 36.7. The quantitative estimate of drug-likeness (QED) is 0.814. The minimum absolute atomic E-state index is 0.0695. The van der Waals surface area contributed by atoms with E-state index in [1.165, 1.54) is 19.3 Å². The van der Waals surface area contributed by atoms with Crippen molar-refractivity contribution < 1.29 is 4.79 Å². The molecule has 21 heavy (non-hydrogen) atoms. The summed E-state index contributed by atoms with van der Waals surface area (Å²) in [6, 6.07) is 7.91. The van der Waals surface area contributed by atoms with E-state index >= 15 is 0 Å². The first kappa shape index (κ1) is 13.6. The van der Waals surface area contributed by atoms with Crippen LogP contribution in [0.2, 0.25) is 0 Å². The van der Waals surface area contributed by atoms with Gasteiger partial charge in [0, 0.05) is 11.6 Å². The fourth-order valence-electron chi connectivity index (χ4n) is 5.33. The summed E-state index contributed by atoms with van der Waals surface area (Å²) >= 11 is 5.81. The molecule has 1 amide bonds. The number of rotatable bonds is 3. The standard InChI is InChI=1S/C18H22ClNO/c19-11-12-1-3-16(4-2-12)20-17(21)18-8-13-5-14(9-18)7-15(6-13)10-18/h1-4,13-15H,5-11H2,(H,20,21). The summed E-state index contributed by atoms with van der Waals surface area (Å²) in [5, 5.41) is 3.17. The predicted molar refractivity (Wildman–Crippen MR) is 85.2 cm³/mol. The van der Waals surface area contributed by atoms with Gasteiger partial charge < -0.3 is 5.32 Å². The third kappa shape index (κ3) is 2.38. The molecule has 2 nitrogen and oxygen atoms in total. The van der Waals surface area contributed by atoms with Crippen LogP contribution < -0.4 is 5.32 Å². The molecule has 4 saturated carbocycles. The van der Waals surface area contributed by atoms with Gasteiger partial charge in [0.2, 0.25) is 5.91 Å². The highest BCUT2D eigenvalue weighted by molar-refractivity contribution is 6.17. The number of carbonyl (C=O) groups is 1. The molecule has 0 spiro atoms. The number of amides is 1. The molecule has 1 aromatic carbocycles. The van der Waals surface area contributed by atoms with Crippen molar-refractivity contribution in [3.8, 4) is 0 Å². The number of hydrogen-bond donors (Lipinski definition) is 1. The SMILES string of the molecule is O=C(Nc1ccc(CCl)cc1)C12CC3CC(CC(C3)C1)C2. The number of halogens is 1. The van der Waals surface area contributed by atoms with Crippen LogP contribution in [0.25, 0.3) is 0 Å². The number of anilines is 1. The van der Waals surface area contributed by atoms with Gasteiger partial charge in [-0.1, -0.05) is 12.1 Å². The van der Waals surface area contributed by atoms with Crippen molar-refractivity contribution in [3.63, 3.8) is 0 Å². The smallest absolute Gasteiger partial charge is 0.230 e. The highest BCUT2D eigenvalue weighted by Gasteiger charge is 2.54. The number of hydrogen-bond acceptors (Lipinski definition) is 1. The molecule has 0 atom stereocenters. The minimum atomic E-state index is -0.0695. The van der Waals surface area contributed by atoms with Crippen molar-refractivity contribution in [3.05, 3.63) is 29.8 Å². The Bertz CT molecular complexity index is 516. The van der Waals surface area contributed by atoms with E-state index in [2.05, 4.69) is 5.32 Å². The number of alkyl halides is 1. The summed E-state index contributed by atoms with van der Waals surface area (Å²) in [4.78, 5) is 12.9. The lowest BCUT2D eigenvalue weighted by Crippen LogP contribution is -2.51. The van der Waals surface area contributed by atoms with Crippen LogP contribution in [0.15, 0.2) is 24.3 Å². The molecular weight excluding hydrogens is 282 g/mol. The Hall–Kier alpha value is -1.02. The van der Waals surface area contributed by atoms with Gasteiger partial charge in [-0.05, 0) is 74.0 Å². The molecule has 1 N–H and O–H groups in total. The largest absolute Gasteiger partial charge is 0.326 e. The molecule has 4 fully saturated rings. The van der Waals surface area contributed by atoms with Gasteiger partial charge in [-0.3, -0.25) is 4.79 Å². The van der Waals surface area contributed by atoms with Crippen molar-refractivity contribution >= 4 is 23.2 Å². The Kier molecular flexibility index (Phi) is 3.25. The second-order valence-electron chi connectivity index (χ2n) is 7.48. The van der Waals surface area contributed by atoms with E-state index < -0.39 is 0 Å². The van der Waals surface area contributed by atoms with Crippen molar-refractivity contribution in [2.45, 2.75) is 44.4 Å². The van der Waals surface area contributed by atoms with E-state index in [-0.39, 0.29) is 11.3 Å². The van der Waals surface area contributed by atoms with Crippen LogP contribution >= 0.6 is 11.6 Å². The first-order valence-electron chi connectivity index (χ1n) is 8.13. The molecule has 0 aliphatic heterocycles. The molecule has 3 heteroatoms. The molecule has 5 rings (SSSR count). The van der Waals surface area contributed by atoms with E-state index in [9.17, 15) is 4.79 Å². The first-order chi connectivity index (χ1) is 10.2. The lowest BCUT2D eigenvalue weighted by atomic mass is 9.49. The average Bonchev–Trinajstić information content (AvgIpc) is 2.46. The van der Waals surface area contributed by atoms with Gasteiger partial charge >= 0.3 is 0 Å². The Morgan fingerprint density at radius 1 is 1.05 bits per heavy atom. The van der Waals surface area contributed by atoms with Crippen LogP contribution in [-0.4, -0.2) is 5.91 Å². The lowest BCUT2D eigenvalue weighted by molar-refractivity contribution is -0.140. The summed E-state index contributed by atoms with van der Waals surface area (Å²) < 4.78 is 0. The summed E-state index contributed by atoms with van der Waals surface area (Å²) in [5.41, 5.74) is 1.92.